The molecule has 0 aliphatic carbocycles. The smallest absolute Gasteiger partial charge is 0.0635 e. The summed E-state index contributed by atoms with van der Waals surface area (Å²) >= 11 is 0. The van der Waals surface area contributed by atoms with Crippen molar-refractivity contribution in [1.29, 1.82) is 0 Å². The van der Waals surface area contributed by atoms with Crippen LogP contribution >= 0.6 is 0 Å². The van der Waals surface area contributed by atoms with Crippen LogP contribution in [-0.2, 0) is 5.41 Å². The van der Waals surface area contributed by atoms with Crippen LogP contribution in [0.25, 0.3) is 0 Å². The molecule has 28 heavy (non-hydrogen) atoms. The van der Waals surface area contributed by atoms with Crippen molar-refractivity contribution in [1.82, 2.24) is 0 Å². The summed E-state index contributed by atoms with van der Waals surface area (Å²) in [6.07, 6.45) is 12.7. The van der Waals surface area contributed by atoms with Crippen molar-refractivity contribution in [3.63, 3.8) is 0 Å². The van der Waals surface area contributed by atoms with Gasteiger partial charge < -0.3 is 0 Å². The Morgan fingerprint density at radius 2 is 0.857 bits per heavy atom. The lowest BCUT2D eigenvalue weighted by molar-refractivity contribution is 0.778. The summed E-state index contributed by atoms with van der Waals surface area (Å²) in [4.78, 5) is 0. The first-order valence-corrected chi connectivity index (χ1v) is 9.01. The van der Waals surface area contributed by atoms with Crippen molar-refractivity contribution >= 4 is 0 Å². The molecule has 0 nitrogen and oxygen atoms in total. The van der Waals surface area contributed by atoms with Crippen molar-refractivity contribution in [3.8, 4) is 0 Å². The summed E-state index contributed by atoms with van der Waals surface area (Å²) in [6.45, 7) is 2.02. The fourth-order valence-corrected chi connectivity index (χ4v) is 3.33. The topological polar surface area (TPSA) is 0 Å². The molecule has 0 aliphatic heterocycles. The van der Waals surface area contributed by atoms with Crippen LogP contribution in [0, 0.1) is 0 Å². The number of benzene rings is 3. The van der Waals surface area contributed by atoms with Crippen molar-refractivity contribution < 1.29 is 0 Å². The molecule has 3 aromatic rings. The molecule has 0 saturated carbocycles. The highest BCUT2D eigenvalue weighted by atomic mass is 14.3. The van der Waals surface area contributed by atoms with E-state index in [4.69, 9.17) is 0 Å². The second-order valence-corrected chi connectivity index (χ2v) is 6.18. The second kappa shape index (κ2) is 11.6. The van der Waals surface area contributed by atoms with Crippen LogP contribution in [0.3, 0.4) is 0 Å². The zero-order chi connectivity index (χ0) is 18.1. The lowest BCUT2D eigenvalue weighted by atomic mass is 9.69. The molecule has 0 heterocycles. The molecule has 0 spiro atoms. The van der Waals surface area contributed by atoms with E-state index in [2.05, 4.69) is 115 Å². The SMILES string of the molecule is C.C.C\C=C/C=C\C=C\C(c1ccccc1)(c1ccccc1)c1ccccc1. The third-order valence-corrected chi connectivity index (χ3v) is 4.56. The molecule has 0 aliphatic rings. The van der Waals surface area contributed by atoms with E-state index in [0.717, 1.165) is 0 Å². The maximum absolute atomic E-state index is 2.30. The van der Waals surface area contributed by atoms with Crippen LogP contribution in [0.1, 0.15) is 38.5 Å². The van der Waals surface area contributed by atoms with E-state index in [1.165, 1.54) is 16.7 Å². The van der Waals surface area contributed by atoms with Gasteiger partial charge in [0, 0.05) is 0 Å². The van der Waals surface area contributed by atoms with Gasteiger partial charge >= 0.3 is 0 Å². The first-order valence-electron chi connectivity index (χ1n) is 9.01. The molecule has 144 valence electrons. The van der Waals surface area contributed by atoms with Gasteiger partial charge in [0.2, 0.25) is 0 Å². The van der Waals surface area contributed by atoms with Gasteiger partial charge in [0.15, 0.2) is 0 Å². The Bertz CT molecular complexity index is 772. The van der Waals surface area contributed by atoms with E-state index in [1.807, 2.05) is 19.1 Å². The highest BCUT2D eigenvalue weighted by Crippen LogP contribution is 2.40. The quantitative estimate of drug-likeness (QED) is 0.305. The third kappa shape index (κ3) is 4.98. The summed E-state index contributed by atoms with van der Waals surface area (Å²) in [7, 11) is 0. The fourth-order valence-electron chi connectivity index (χ4n) is 3.33. The first-order chi connectivity index (χ1) is 12.9. The van der Waals surface area contributed by atoms with Gasteiger partial charge in [0.1, 0.15) is 0 Å². The summed E-state index contributed by atoms with van der Waals surface area (Å²) in [6, 6.07) is 32.1. The molecule has 3 rings (SSSR count). The standard InChI is InChI=1S/C26H24.2CH4/c1-2-3-4-5-15-22-26(23-16-9-6-10-17-23,24-18-11-7-12-19-24)25-20-13-8-14-21-25;;/h2-22H,1H3;2*1H4/b3-2-,5-4-,22-15+;;. The minimum absolute atomic E-state index is 0. The molecule has 0 N–H and O–H groups in total. The van der Waals surface area contributed by atoms with Gasteiger partial charge in [-0.25, -0.2) is 0 Å². The first kappa shape index (κ1) is 22.9. The van der Waals surface area contributed by atoms with Crippen molar-refractivity contribution in [3.05, 3.63) is 144 Å². The maximum Gasteiger partial charge on any atom is 0.0635 e. The average molecular weight is 369 g/mol. The van der Waals surface area contributed by atoms with Crippen LogP contribution in [0.4, 0.5) is 0 Å². The molecule has 0 unspecified atom stereocenters. The Hall–Kier alpha value is -3.12. The Kier molecular flexibility index (Phi) is 9.47. The fraction of sp³-hybridized carbons (Fsp3) is 0.143. The molecular formula is C28H32. The lowest BCUT2D eigenvalue weighted by Gasteiger charge is -2.33. The zero-order valence-electron chi connectivity index (χ0n) is 15.1. The Morgan fingerprint density at radius 3 is 1.21 bits per heavy atom. The van der Waals surface area contributed by atoms with Crippen LogP contribution in [0.5, 0.6) is 0 Å². The molecule has 3 aromatic carbocycles. The van der Waals surface area contributed by atoms with Gasteiger partial charge in [-0.05, 0) is 23.6 Å². The van der Waals surface area contributed by atoms with E-state index in [-0.39, 0.29) is 20.3 Å². The maximum atomic E-state index is 2.30. The van der Waals surface area contributed by atoms with Crippen LogP contribution in [0.2, 0.25) is 0 Å². The predicted molar refractivity (Wildman–Crippen MR) is 126 cm³/mol. The molecule has 0 amide bonds. The summed E-state index contributed by atoms with van der Waals surface area (Å²) in [5.41, 5.74) is 3.44. The van der Waals surface area contributed by atoms with Gasteiger partial charge in [-0.1, -0.05) is 142 Å². The second-order valence-electron chi connectivity index (χ2n) is 6.18. The molecule has 0 heteroatoms. The normalized spacial score (nSPS) is 11.5. The van der Waals surface area contributed by atoms with Gasteiger partial charge in [0.05, 0.1) is 5.41 Å². The largest absolute Gasteiger partial charge is 0.0877 e. The number of rotatable bonds is 6. The van der Waals surface area contributed by atoms with Gasteiger partial charge in [0.25, 0.3) is 0 Å². The Labute approximate surface area is 171 Å². The van der Waals surface area contributed by atoms with Crippen LogP contribution in [-0.4, -0.2) is 0 Å². The highest BCUT2D eigenvalue weighted by molar-refractivity contribution is 5.55. The third-order valence-electron chi connectivity index (χ3n) is 4.56. The van der Waals surface area contributed by atoms with E-state index >= 15 is 0 Å². The molecular weight excluding hydrogens is 336 g/mol. The van der Waals surface area contributed by atoms with Gasteiger partial charge in [-0.15, -0.1) is 0 Å². The molecule has 0 radical (unpaired) electrons. The van der Waals surface area contributed by atoms with Gasteiger partial charge in [-0.2, -0.15) is 0 Å². The van der Waals surface area contributed by atoms with E-state index < -0.39 is 0 Å². The van der Waals surface area contributed by atoms with Crippen LogP contribution < -0.4 is 0 Å². The summed E-state index contributed by atoms with van der Waals surface area (Å²) < 4.78 is 0. The summed E-state index contributed by atoms with van der Waals surface area (Å²) in [5, 5.41) is 0. The number of hydrogen-bond acceptors (Lipinski definition) is 0. The molecule has 0 aromatic heterocycles. The van der Waals surface area contributed by atoms with Gasteiger partial charge in [-0.3, -0.25) is 0 Å². The molecule has 0 fully saturated rings. The highest BCUT2D eigenvalue weighted by Gasteiger charge is 2.33. The predicted octanol–water partition coefficient (Wildman–Crippen LogP) is 7.98. The Balaban J connectivity index is 0.00000196. The van der Waals surface area contributed by atoms with E-state index in [9.17, 15) is 0 Å². The molecule has 0 saturated heterocycles. The molecule has 0 bridgehead atoms. The van der Waals surface area contributed by atoms with E-state index in [1.54, 1.807) is 0 Å². The van der Waals surface area contributed by atoms with Crippen LogP contribution in [0.15, 0.2) is 127 Å². The van der Waals surface area contributed by atoms with Crippen molar-refractivity contribution in [2.45, 2.75) is 27.2 Å². The Morgan fingerprint density at radius 1 is 0.500 bits per heavy atom. The lowest BCUT2D eigenvalue weighted by Crippen LogP contribution is -2.26. The minimum Gasteiger partial charge on any atom is -0.0877 e. The minimum atomic E-state index is -0.329. The number of hydrogen-bond donors (Lipinski definition) is 0. The van der Waals surface area contributed by atoms with Crippen molar-refractivity contribution in [2.24, 2.45) is 0 Å². The zero-order valence-corrected chi connectivity index (χ0v) is 15.1. The van der Waals surface area contributed by atoms with Crippen molar-refractivity contribution in [2.75, 3.05) is 0 Å². The monoisotopic (exact) mass is 368 g/mol. The molecule has 0 atom stereocenters. The van der Waals surface area contributed by atoms with E-state index in [0.29, 0.717) is 0 Å². The summed E-state index contributed by atoms with van der Waals surface area (Å²) in [5.74, 6) is 0. The number of allylic oxidation sites excluding steroid dienone is 6. The average Bonchev–Trinajstić information content (AvgIpc) is 2.73.